The Kier molecular flexibility index (Phi) is 6.81. The molecule has 1 aliphatic heterocycles. The first-order valence-electron chi connectivity index (χ1n) is 10.5. The fourth-order valence-electron chi connectivity index (χ4n) is 3.89. The van der Waals surface area contributed by atoms with Crippen molar-refractivity contribution in [3.05, 3.63) is 114 Å². The van der Waals surface area contributed by atoms with Crippen LogP contribution in [-0.2, 0) is 22.2 Å². The van der Waals surface area contributed by atoms with Crippen LogP contribution in [0.15, 0.2) is 85.4 Å². The molecule has 1 fully saturated rings. The molecule has 1 saturated heterocycles. The van der Waals surface area contributed by atoms with Crippen molar-refractivity contribution in [1.29, 1.82) is 0 Å². The summed E-state index contributed by atoms with van der Waals surface area (Å²) >= 11 is 0. The molecule has 2 unspecified atom stereocenters. The van der Waals surface area contributed by atoms with E-state index in [9.17, 15) is 17.6 Å². The predicted octanol–water partition coefficient (Wildman–Crippen LogP) is 6.43. The molecular weight excluding hydrogens is 434 g/mol. The van der Waals surface area contributed by atoms with Gasteiger partial charge in [0.25, 0.3) is 0 Å². The summed E-state index contributed by atoms with van der Waals surface area (Å²) in [4.78, 5) is 2.15. The van der Waals surface area contributed by atoms with Gasteiger partial charge in [0.15, 0.2) is 0 Å². The van der Waals surface area contributed by atoms with Crippen molar-refractivity contribution in [2.75, 3.05) is 13.2 Å². The largest absolute Gasteiger partial charge is 0.463 e. The summed E-state index contributed by atoms with van der Waals surface area (Å²) in [5.74, 6) is -0.296. The Balaban J connectivity index is 1.61. The minimum absolute atomic E-state index is 0.0692. The SMILES string of the molecule is C=C(OC1OCCN(Cc2ccccc2)C1c1ccc(F)cc1)c1cccc(C(F)(F)F)c1. The summed E-state index contributed by atoms with van der Waals surface area (Å²) in [5.41, 5.74) is 1.29. The molecule has 172 valence electrons. The molecule has 0 aromatic heterocycles. The summed E-state index contributed by atoms with van der Waals surface area (Å²) in [5, 5.41) is 0. The molecule has 3 aromatic rings. The normalized spacial score (nSPS) is 19.3. The van der Waals surface area contributed by atoms with Gasteiger partial charge in [0.1, 0.15) is 11.6 Å². The van der Waals surface area contributed by atoms with E-state index in [1.807, 2.05) is 30.3 Å². The molecule has 33 heavy (non-hydrogen) atoms. The van der Waals surface area contributed by atoms with Crippen LogP contribution in [0.3, 0.4) is 0 Å². The lowest BCUT2D eigenvalue weighted by molar-refractivity contribution is -0.181. The Morgan fingerprint density at radius 3 is 2.42 bits per heavy atom. The second kappa shape index (κ2) is 9.77. The Morgan fingerprint density at radius 2 is 1.73 bits per heavy atom. The Labute approximate surface area is 189 Å². The second-order valence-corrected chi connectivity index (χ2v) is 7.81. The third kappa shape index (κ3) is 5.61. The van der Waals surface area contributed by atoms with Gasteiger partial charge in [-0.05, 0) is 35.4 Å². The van der Waals surface area contributed by atoms with Gasteiger partial charge >= 0.3 is 6.18 Å². The van der Waals surface area contributed by atoms with Crippen LogP contribution in [0.4, 0.5) is 17.6 Å². The maximum atomic E-state index is 13.6. The summed E-state index contributed by atoms with van der Waals surface area (Å²) in [6, 6.07) is 20.3. The zero-order valence-electron chi connectivity index (χ0n) is 17.8. The molecule has 1 aliphatic rings. The van der Waals surface area contributed by atoms with E-state index in [0.717, 1.165) is 23.3 Å². The molecule has 1 heterocycles. The Bertz CT molecular complexity index is 1080. The van der Waals surface area contributed by atoms with Gasteiger partial charge in [-0.3, -0.25) is 4.90 Å². The number of nitrogens with zero attached hydrogens (tertiary/aromatic N) is 1. The molecular formula is C26H23F4NO2. The molecule has 3 nitrogen and oxygen atoms in total. The van der Waals surface area contributed by atoms with Crippen LogP contribution < -0.4 is 0 Å². The molecule has 0 saturated carbocycles. The quantitative estimate of drug-likeness (QED) is 0.314. The monoisotopic (exact) mass is 457 g/mol. The Hall–Kier alpha value is -3.16. The smallest absolute Gasteiger partial charge is 0.416 e. The zero-order chi connectivity index (χ0) is 23.4. The van der Waals surface area contributed by atoms with Crippen LogP contribution in [-0.4, -0.2) is 24.3 Å². The maximum Gasteiger partial charge on any atom is 0.416 e. The molecule has 0 amide bonds. The van der Waals surface area contributed by atoms with Crippen LogP contribution in [0, 0.1) is 5.82 Å². The molecule has 0 spiro atoms. The first kappa shape index (κ1) is 23.0. The van der Waals surface area contributed by atoms with E-state index in [1.54, 1.807) is 12.1 Å². The average Bonchev–Trinajstić information content (AvgIpc) is 2.80. The molecule has 2 atom stereocenters. The van der Waals surface area contributed by atoms with Crippen molar-refractivity contribution in [2.45, 2.75) is 25.1 Å². The fourth-order valence-corrected chi connectivity index (χ4v) is 3.89. The van der Waals surface area contributed by atoms with E-state index >= 15 is 0 Å². The van der Waals surface area contributed by atoms with E-state index in [1.165, 1.54) is 24.3 Å². The van der Waals surface area contributed by atoms with Gasteiger partial charge in [-0.25, -0.2) is 4.39 Å². The van der Waals surface area contributed by atoms with Crippen LogP contribution in [0.1, 0.15) is 28.3 Å². The van der Waals surface area contributed by atoms with Gasteiger partial charge in [-0.1, -0.05) is 61.2 Å². The molecule has 0 aliphatic carbocycles. The minimum atomic E-state index is -4.47. The number of benzene rings is 3. The summed E-state index contributed by atoms with van der Waals surface area (Å²) in [7, 11) is 0. The van der Waals surface area contributed by atoms with Gasteiger partial charge in [0, 0.05) is 18.7 Å². The number of hydrogen-bond donors (Lipinski definition) is 0. The summed E-state index contributed by atoms with van der Waals surface area (Å²) in [6.07, 6.45) is -5.31. The van der Waals surface area contributed by atoms with Crippen LogP contribution in [0.5, 0.6) is 0 Å². The molecule has 4 rings (SSSR count). The van der Waals surface area contributed by atoms with Gasteiger partial charge in [0.05, 0.1) is 18.2 Å². The number of ether oxygens (including phenoxy) is 2. The fraction of sp³-hybridized carbons (Fsp3) is 0.231. The first-order chi connectivity index (χ1) is 15.8. The third-order valence-corrected chi connectivity index (χ3v) is 5.52. The third-order valence-electron chi connectivity index (χ3n) is 5.52. The molecule has 3 aromatic carbocycles. The van der Waals surface area contributed by atoms with Crippen molar-refractivity contribution in [2.24, 2.45) is 0 Å². The highest BCUT2D eigenvalue weighted by Crippen LogP contribution is 2.35. The minimum Gasteiger partial charge on any atom is -0.463 e. The second-order valence-electron chi connectivity index (χ2n) is 7.81. The summed E-state index contributed by atoms with van der Waals surface area (Å²) < 4.78 is 64.9. The molecule has 0 bridgehead atoms. The molecule has 0 radical (unpaired) electrons. The highest BCUT2D eigenvalue weighted by molar-refractivity contribution is 5.58. The van der Waals surface area contributed by atoms with Gasteiger partial charge in [0.2, 0.25) is 6.29 Å². The molecule has 7 heteroatoms. The van der Waals surface area contributed by atoms with Crippen molar-refractivity contribution in [1.82, 2.24) is 4.90 Å². The number of rotatable bonds is 6. The van der Waals surface area contributed by atoms with Crippen LogP contribution in [0.25, 0.3) is 5.76 Å². The highest BCUT2D eigenvalue weighted by atomic mass is 19.4. The van der Waals surface area contributed by atoms with Crippen LogP contribution in [0.2, 0.25) is 0 Å². The number of morpholine rings is 1. The van der Waals surface area contributed by atoms with Crippen molar-refractivity contribution >= 4 is 5.76 Å². The van der Waals surface area contributed by atoms with Crippen molar-refractivity contribution in [3.63, 3.8) is 0 Å². The number of hydrogen-bond acceptors (Lipinski definition) is 3. The Morgan fingerprint density at radius 1 is 1.00 bits per heavy atom. The van der Waals surface area contributed by atoms with Gasteiger partial charge < -0.3 is 9.47 Å². The van der Waals surface area contributed by atoms with Crippen molar-refractivity contribution in [3.8, 4) is 0 Å². The molecule has 0 N–H and O–H groups in total. The van der Waals surface area contributed by atoms with E-state index in [2.05, 4.69) is 11.5 Å². The highest BCUT2D eigenvalue weighted by Gasteiger charge is 2.36. The first-order valence-corrected chi connectivity index (χ1v) is 10.5. The van der Waals surface area contributed by atoms with E-state index in [0.29, 0.717) is 19.7 Å². The van der Waals surface area contributed by atoms with E-state index in [-0.39, 0.29) is 17.1 Å². The average molecular weight is 457 g/mol. The van der Waals surface area contributed by atoms with E-state index < -0.39 is 24.1 Å². The zero-order valence-corrected chi connectivity index (χ0v) is 17.8. The van der Waals surface area contributed by atoms with Crippen LogP contribution >= 0.6 is 0 Å². The van der Waals surface area contributed by atoms with Gasteiger partial charge in [-0.15, -0.1) is 0 Å². The predicted molar refractivity (Wildman–Crippen MR) is 117 cm³/mol. The number of halogens is 4. The standard InChI is InChI=1S/C26H23F4NO2/c1-18(21-8-5-9-22(16-21)26(28,29)30)33-25-24(20-10-12-23(27)13-11-20)31(14-15-32-25)17-19-6-3-2-4-7-19/h2-13,16,24-25H,1,14-15,17H2. The lowest BCUT2D eigenvalue weighted by Gasteiger charge is -2.41. The lowest BCUT2D eigenvalue weighted by Crippen LogP contribution is -2.45. The van der Waals surface area contributed by atoms with E-state index in [4.69, 9.17) is 9.47 Å². The topological polar surface area (TPSA) is 21.7 Å². The lowest BCUT2D eigenvalue weighted by atomic mass is 10.0. The summed E-state index contributed by atoms with van der Waals surface area (Å²) in [6.45, 7) is 5.41. The number of alkyl halides is 3. The maximum absolute atomic E-state index is 13.6. The van der Waals surface area contributed by atoms with Crippen molar-refractivity contribution < 1.29 is 27.0 Å². The van der Waals surface area contributed by atoms with Gasteiger partial charge in [-0.2, -0.15) is 13.2 Å².